The fourth-order valence-corrected chi connectivity index (χ4v) is 1.79. The van der Waals surface area contributed by atoms with E-state index in [1.54, 1.807) is 12.1 Å². The first kappa shape index (κ1) is 12.3. The summed E-state index contributed by atoms with van der Waals surface area (Å²) in [6.45, 7) is 1.57. The Bertz CT molecular complexity index is 381. The van der Waals surface area contributed by atoms with Gasteiger partial charge < -0.3 is 24.8 Å². The van der Waals surface area contributed by atoms with Gasteiger partial charge in [0.15, 0.2) is 0 Å². The first-order chi connectivity index (χ1) is 8.11. The fraction of sp³-hybridized carbons (Fsp3) is 0.500. The van der Waals surface area contributed by atoms with Crippen LogP contribution >= 0.6 is 0 Å². The summed E-state index contributed by atoms with van der Waals surface area (Å²) in [7, 11) is 0. The van der Waals surface area contributed by atoms with Crippen LogP contribution in [0.3, 0.4) is 0 Å². The maximum absolute atomic E-state index is 9.68. The number of hydrogen-bond donors (Lipinski definition) is 3. The van der Waals surface area contributed by atoms with Crippen LogP contribution in [0.25, 0.3) is 0 Å². The number of aryl methyl sites for hydroxylation is 1. The van der Waals surface area contributed by atoms with Gasteiger partial charge in [-0.05, 0) is 24.6 Å². The molecule has 0 aromatic heterocycles. The molecule has 4 atom stereocenters. The summed E-state index contributed by atoms with van der Waals surface area (Å²) >= 11 is 0. The van der Waals surface area contributed by atoms with Gasteiger partial charge in [0.25, 0.3) is 0 Å². The van der Waals surface area contributed by atoms with E-state index >= 15 is 0 Å². The summed E-state index contributed by atoms with van der Waals surface area (Å²) in [5.41, 5.74) is 1.02. The molecule has 1 saturated heterocycles. The summed E-state index contributed by atoms with van der Waals surface area (Å²) in [6.07, 6.45) is -4.05. The molecule has 1 heterocycles. The van der Waals surface area contributed by atoms with Crippen molar-refractivity contribution in [3.63, 3.8) is 0 Å². The predicted octanol–water partition coefficient (Wildman–Crippen LogP) is -0.187. The molecule has 5 nitrogen and oxygen atoms in total. The average molecular weight is 240 g/mol. The van der Waals surface area contributed by atoms with Crippen LogP contribution in [0, 0.1) is 6.92 Å². The van der Waals surface area contributed by atoms with Gasteiger partial charge in [0, 0.05) is 0 Å². The summed E-state index contributed by atoms with van der Waals surface area (Å²) in [5.74, 6) is 0.555. The van der Waals surface area contributed by atoms with Crippen molar-refractivity contribution in [3.8, 4) is 5.75 Å². The Morgan fingerprint density at radius 1 is 1.29 bits per heavy atom. The topological polar surface area (TPSA) is 79.2 Å². The molecular formula is C12H16O5. The molecule has 0 radical (unpaired) electrons. The molecule has 0 unspecified atom stereocenters. The third kappa shape index (κ3) is 2.58. The lowest BCUT2D eigenvalue weighted by molar-refractivity contribution is -0.116. The molecule has 1 aliphatic rings. The van der Waals surface area contributed by atoms with Crippen molar-refractivity contribution in [3.05, 3.63) is 29.8 Å². The van der Waals surface area contributed by atoms with Crippen LogP contribution in [0.15, 0.2) is 24.3 Å². The fourth-order valence-electron chi connectivity index (χ4n) is 1.79. The van der Waals surface area contributed by atoms with Gasteiger partial charge in [-0.3, -0.25) is 0 Å². The lowest BCUT2D eigenvalue weighted by atomic mass is 10.1. The Kier molecular flexibility index (Phi) is 3.63. The highest BCUT2D eigenvalue weighted by molar-refractivity contribution is 5.27. The van der Waals surface area contributed by atoms with Crippen LogP contribution in [0.2, 0.25) is 0 Å². The van der Waals surface area contributed by atoms with Crippen molar-refractivity contribution in [2.45, 2.75) is 31.5 Å². The summed E-state index contributed by atoms with van der Waals surface area (Å²) in [5, 5.41) is 28.2. The molecule has 1 fully saturated rings. The van der Waals surface area contributed by atoms with Crippen LogP contribution in [-0.2, 0) is 4.74 Å². The minimum absolute atomic E-state index is 0.355. The second-order valence-electron chi connectivity index (χ2n) is 4.14. The Balaban J connectivity index is 2.05. The molecule has 5 heteroatoms. The number of benzene rings is 1. The number of aliphatic hydroxyl groups excluding tert-OH is 3. The van der Waals surface area contributed by atoms with E-state index in [9.17, 15) is 10.2 Å². The molecule has 0 saturated carbocycles. The van der Waals surface area contributed by atoms with E-state index in [0.29, 0.717) is 5.75 Å². The predicted molar refractivity (Wildman–Crippen MR) is 59.6 cm³/mol. The Hall–Kier alpha value is -1.14. The van der Waals surface area contributed by atoms with E-state index in [1.807, 2.05) is 19.1 Å². The van der Waals surface area contributed by atoms with E-state index in [4.69, 9.17) is 14.6 Å². The Morgan fingerprint density at radius 3 is 2.65 bits per heavy atom. The largest absolute Gasteiger partial charge is 0.462 e. The van der Waals surface area contributed by atoms with E-state index in [0.717, 1.165) is 5.56 Å². The first-order valence-corrected chi connectivity index (χ1v) is 5.47. The first-order valence-electron chi connectivity index (χ1n) is 5.47. The molecule has 2 rings (SSSR count). The second-order valence-corrected chi connectivity index (χ2v) is 4.14. The van der Waals surface area contributed by atoms with E-state index in [2.05, 4.69) is 0 Å². The zero-order chi connectivity index (χ0) is 12.4. The Labute approximate surface area is 99.2 Å². The molecule has 0 aliphatic carbocycles. The van der Waals surface area contributed by atoms with E-state index in [-0.39, 0.29) is 6.61 Å². The van der Waals surface area contributed by atoms with Gasteiger partial charge in [-0.1, -0.05) is 12.1 Å². The monoisotopic (exact) mass is 240 g/mol. The van der Waals surface area contributed by atoms with Crippen LogP contribution in [0.5, 0.6) is 5.75 Å². The summed E-state index contributed by atoms with van der Waals surface area (Å²) in [4.78, 5) is 0. The molecular weight excluding hydrogens is 224 g/mol. The zero-order valence-electron chi connectivity index (χ0n) is 9.48. The summed E-state index contributed by atoms with van der Waals surface area (Å²) in [6, 6.07) is 7.28. The Morgan fingerprint density at radius 2 is 2.06 bits per heavy atom. The van der Waals surface area contributed by atoms with Crippen molar-refractivity contribution < 1.29 is 24.8 Å². The van der Waals surface area contributed by atoms with Gasteiger partial charge in [-0.25, -0.2) is 0 Å². The van der Waals surface area contributed by atoms with Gasteiger partial charge in [0.2, 0.25) is 6.29 Å². The SMILES string of the molecule is Cc1cccc(O[C@H]2O[C@H](CO)[C@@H](O)[C@H]2O)c1. The minimum atomic E-state index is -1.16. The quantitative estimate of drug-likeness (QED) is 0.682. The molecule has 1 aromatic carbocycles. The van der Waals surface area contributed by atoms with Crippen LogP contribution < -0.4 is 4.74 Å². The molecule has 17 heavy (non-hydrogen) atoms. The number of rotatable bonds is 3. The van der Waals surface area contributed by atoms with Gasteiger partial charge >= 0.3 is 0 Å². The standard InChI is InChI=1S/C12H16O5/c1-7-3-2-4-8(5-7)16-12-11(15)10(14)9(6-13)17-12/h2-5,9-15H,6H2,1H3/t9-,10-,11-,12+/m1/s1. The molecule has 0 amide bonds. The third-order valence-corrected chi connectivity index (χ3v) is 2.74. The molecule has 1 aliphatic heterocycles. The van der Waals surface area contributed by atoms with Gasteiger partial charge in [-0.2, -0.15) is 0 Å². The van der Waals surface area contributed by atoms with Gasteiger partial charge in [-0.15, -0.1) is 0 Å². The van der Waals surface area contributed by atoms with Crippen molar-refractivity contribution in [1.29, 1.82) is 0 Å². The van der Waals surface area contributed by atoms with Crippen LogP contribution in [0.4, 0.5) is 0 Å². The van der Waals surface area contributed by atoms with E-state index < -0.39 is 24.6 Å². The third-order valence-electron chi connectivity index (χ3n) is 2.74. The van der Waals surface area contributed by atoms with Gasteiger partial charge in [0.1, 0.15) is 24.1 Å². The van der Waals surface area contributed by atoms with E-state index in [1.165, 1.54) is 0 Å². The minimum Gasteiger partial charge on any atom is -0.462 e. The average Bonchev–Trinajstić information content (AvgIpc) is 2.57. The highest BCUT2D eigenvalue weighted by atomic mass is 16.7. The molecule has 3 N–H and O–H groups in total. The number of aliphatic hydroxyl groups is 3. The summed E-state index contributed by atoms with van der Waals surface area (Å²) < 4.78 is 10.6. The maximum Gasteiger partial charge on any atom is 0.229 e. The highest BCUT2D eigenvalue weighted by Gasteiger charge is 2.43. The number of ether oxygens (including phenoxy) is 2. The van der Waals surface area contributed by atoms with Gasteiger partial charge in [0.05, 0.1) is 6.61 Å². The lowest BCUT2D eigenvalue weighted by Crippen LogP contribution is -2.35. The normalized spacial score (nSPS) is 32.7. The maximum atomic E-state index is 9.68. The molecule has 94 valence electrons. The van der Waals surface area contributed by atoms with Crippen LogP contribution in [-0.4, -0.2) is 46.5 Å². The van der Waals surface area contributed by atoms with Crippen LogP contribution in [0.1, 0.15) is 5.56 Å². The number of hydrogen-bond acceptors (Lipinski definition) is 5. The smallest absolute Gasteiger partial charge is 0.229 e. The zero-order valence-corrected chi connectivity index (χ0v) is 9.48. The van der Waals surface area contributed by atoms with Crippen molar-refractivity contribution in [2.24, 2.45) is 0 Å². The van der Waals surface area contributed by atoms with Crippen molar-refractivity contribution >= 4 is 0 Å². The highest BCUT2D eigenvalue weighted by Crippen LogP contribution is 2.24. The molecule has 0 bridgehead atoms. The lowest BCUT2D eigenvalue weighted by Gasteiger charge is -2.16. The molecule has 1 aromatic rings. The van der Waals surface area contributed by atoms with Crippen molar-refractivity contribution in [1.82, 2.24) is 0 Å². The second kappa shape index (κ2) is 5.01. The van der Waals surface area contributed by atoms with Crippen molar-refractivity contribution in [2.75, 3.05) is 6.61 Å². The molecule has 0 spiro atoms.